The molecule has 0 fully saturated rings. The van der Waals surface area contributed by atoms with Crippen molar-refractivity contribution in [2.75, 3.05) is 0 Å². The van der Waals surface area contributed by atoms with Crippen molar-refractivity contribution in [2.45, 2.75) is 13.8 Å². The van der Waals surface area contributed by atoms with Crippen molar-refractivity contribution < 1.29 is 5.11 Å². The fraction of sp³-hybridized carbons (Fsp3) is 0.375. The molecule has 0 aliphatic heterocycles. The lowest BCUT2D eigenvalue weighted by molar-refractivity contribution is 0.466. The van der Waals surface area contributed by atoms with Crippen LogP contribution in [0.5, 0.6) is 5.75 Å². The van der Waals surface area contributed by atoms with Crippen LogP contribution in [0.15, 0.2) is 18.3 Å². The van der Waals surface area contributed by atoms with E-state index in [2.05, 4.69) is 0 Å². The molecule has 0 aliphatic carbocycles. The van der Waals surface area contributed by atoms with Gasteiger partial charge in [0.2, 0.25) is 0 Å². The molecule has 0 saturated carbocycles. The number of aromatic nitrogens is 1. The van der Waals surface area contributed by atoms with Crippen LogP contribution < -0.4 is 0 Å². The molecule has 0 saturated heterocycles. The Kier molecular flexibility index (Phi) is 4.54. The standard InChI is InChI=1S/C6H7NOS.C2H6/c1-7-4-2-3-5(8)6(7)9;1-2/h2-4,8H,1H3;1-2H3. The molecule has 1 aromatic heterocycles. The number of pyridine rings is 1. The molecule has 1 heterocycles. The molecule has 1 aromatic rings. The lowest BCUT2D eigenvalue weighted by atomic mass is 10.5. The van der Waals surface area contributed by atoms with E-state index in [-0.39, 0.29) is 5.75 Å². The van der Waals surface area contributed by atoms with Gasteiger partial charge in [-0.3, -0.25) is 0 Å². The largest absolute Gasteiger partial charge is 0.505 e. The van der Waals surface area contributed by atoms with Crippen LogP contribution in [0.3, 0.4) is 0 Å². The predicted molar refractivity (Wildman–Crippen MR) is 49.3 cm³/mol. The molecule has 0 bridgehead atoms. The zero-order valence-electron chi connectivity index (χ0n) is 7.03. The Hall–Kier alpha value is -0.830. The van der Waals surface area contributed by atoms with Crippen molar-refractivity contribution in [1.29, 1.82) is 0 Å². The first-order valence-electron chi connectivity index (χ1n) is 3.56. The van der Waals surface area contributed by atoms with Gasteiger partial charge in [0, 0.05) is 13.2 Å². The number of hydrogen-bond donors (Lipinski definition) is 1. The van der Waals surface area contributed by atoms with Crippen LogP contribution in [0.1, 0.15) is 13.8 Å². The second-order valence-corrected chi connectivity index (χ2v) is 2.20. The van der Waals surface area contributed by atoms with Gasteiger partial charge in [0.25, 0.3) is 0 Å². The molecule has 0 unspecified atom stereocenters. The molecular formula is C8H13NOS. The Morgan fingerprint density at radius 1 is 1.45 bits per heavy atom. The highest BCUT2D eigenvalue weighted by molar-refractivity contribution is 7.71. The Bertz CT molecular complexity index is 244. The summed E-state index contributed by atoms with van der Waals surface area (Å²) in [4.78, 5) is 0. The molecule has 2 nitrogen and oxygen atoms in total. The molecule has 62 valence electrons. The summed E-state index contributed by atoms with van der Waals surface area (Å²) in [6.07, 6.45) is 1.79. The SMILES string of the molecule is CC.Cn1cccc(O)c1=S. The maximum absolute atomic E-state index is 8.98. The average Bonchev–Trinajstić information content (AvgIpc) is 2.04. The van der Waals surface area contributed by atoms with Crippen molar-refractivity contribution in [2.24, 2.45) is 7.05 Å². The third-order valence-corrected chi connectivity index (χ3v) is 1.60. The van der Waals surface area contributed by atoms with Crippen LogP contribution >= 0.6 is 12.2 Å². The molecule has 1 rings (SSSR count). The van der Waals surface area contributed by atoms with Gasteiger partial charge in [0.15, 0.2) is 0 Å². The lowest BCUT2D eigenvalue weighted by Gasteiger charge is -1.96. The van der Waals surface area contributed by atoms with E-state index >= 15 is 0 Å². The molecule has 0 radical (unpaired) electrons. The topological polar surface area (TPSA) is 25.2 Å². The quantitative estimate of drug-likeness (QED) is 0.607. The normalized spacial score (nSPS) is 8.27. The van der Waals surface area contributed by atoms with E-state index in [1.165, 1.54) is 0 Å². The van der Waals surface area contributed by atoms with E-state index in [1.807, 2.05) is 13.8 Å². The zero-order chi connectivity index (χ0) is 8.85. The monoisotopic (exact) mass is 171 g/mol. The highest BCUT2D eigenvalue weighted by atomic mass is 32.1. The van der Waals surface area contributed by atoms with Gasteiger partial charge in [0.05, 0.1) is 0 Å². The summed E-state index contributed by atoms with van der Waals surface area (Å²) >= 11 is 4.81. The Balaban J connectivity index is 0.000000461. The third-order valence-electron chi connectivity index (χ3n) is 1.10. The maximum atomic E-state index is 8.98. The number of hydrogen-bond acceptors (Lipinski definition) is 2. The minimum absolute atomic E-state index is 0.162. The first-order chi connectivity index (χ1) is 5.22. The molecule has 0 atom stereocenters. The van der Waals surface area contributed by atoms with E-state index in [9.17, 15) is 0 Å². The van der Waals surface area contributed by atoms with Gasteiger partial charge in [-0.25, -0.2) is 0 Å². The van der Waals surface area contributed by atoms with Crippen LogP contribution in [0, 0.1) is 4.64 Å². The lowest BCUT2D eigenvalue weighted by Crippen LogP contribution is -1.88. The predicted octanol–water partition coefficient (Wildman–Crippen LogP) is 2.49. The molecule has 11 heavy (non-hydrogen) atoms. The van der Waals surface area contributed by atoms with Gasteiger partial charge >= 0.3 is 0 Å². The summed E-state index contributed by atoms with van der Waals surface area (Å²) in [6.45, 7) is 4.00. The summed E-state index contributed by atoms with van der Waals surface area (Å²) in [5.74, 6) is 0.162. The van der Waals surface area contributed by atoms with Crippen molar-refractivity contribution in [3.63, 3.8) is 0 Å². The Morgan fingerprint density at radius 2 is 2.00 bits per heavy atom. The molecule has 0 aromatic carbocycles. The molecule has 0 spiro atoms. The zero-order valence-corrected chi connectivity index (χ0v) is 7.85. The van der Waals surface area contributed by atoms with Gasteiger partial charge in [-0.2, -0.15) is 0 Å². The summed E-state index contributed by atoms with van der Waals surface area (Å²) in [6, 6.07) is 3.31. The van der Waals surface area contributed by atoms with Gasteiger partial charge in [-0.15, -0.1) is 0 Å². The van der Waals surface area contributed by atoms with Gasteiger partial charge in [-0.1, -0.05) is 26.1 Å². The summed E-state index contributed by atoms with van der Waals surface area (Å²) in [5, 5.41) is 8.98. The van der Waals surface area contributed by atoms with Crippen LogP contribution in [0.2, 0.25) is 0 Å². The summed E-state index contributed by atoms with van der Waals surface area (Å²) < 4.78 is 2.16. The molecule has 1 N–H and O–H groups in total. The number of aromatic hydroxyl groups is 1. The smallest absolute Gasteiger partial charge is 0.150 e. The second kappa shape index (κ2) is 4.91. The summed E-state index contributed by atoms with van der Waals surface area (Å²) in [5.41, 5.74) is 0. The van der Waals surface area contributed by atoms with Crippen molar-refractivity contribution in [3.05, 3.63) is 23.0 Å². The van der Waals surface area contributed by atoms with Crippen LogP contribution in [-0.2, 0) is 7.05 Å². The second-order valence-electron chi connectivity index (χ2n) is 1.81. The fourth-order valence-corrected chi connectivity index (χ4v) is 0.712. The van der Waals surface area contributed by atoms with Gasteiger partial charge < -0.3 is 9.67 Å². The molecule has 0 aliphatic rings. The Labute approximate surface area is 72.1 Å². The molecule has 0 amide bonds. The third kappa shape index (κ3) is 2.72. The minimum atomic E-state index is 0.162. The highest BCUT2D eigenvalue weighted by Crippen LogP contribution is 2.07. The number of aryl methyl sites for hydroxylation is 1. The fourth-order valence-electron chi connectivity index (χ4n) is 0.583. The van der Waals surface area contributed by atoms with Crippen LogP contribution in [0.4, 0.5) is 0 Å². The molecule has 3 heteroatoms. The van der Waals surface area contributed by atoms with Crippen molar-refractivity contribution in [3.8, 4) is 5.75 Å². The first kappa shape index (κ1) is 10.2. The van der Waals surface area contributed by atoms with E-state index in [0.717, 1.165) is 0 Å². The Morgan fingerprint density at radius 3 is 2.36 bits per heavy atom. The molecular weight excluding hydrogens is 158 g/mol. The van der Waals surface area contributed by atoms with Crippen molar-refractivity contribution in [1.82, 2.24) is 4.57 Å². The van der Waals surface area contributed by atoms with Crippen molar-refractivity contribution >= 4 is 12.2 Å². The minimum Gasteiger partial charge on any atom is -0.505 e. The van der Waals surface area contributed by atoms with Gasteiger partial charge in [0.1, 0.15) is 10.4 Å². The van der Waals surface area contributed by atoms with E-state index < -0.39 is 0 Å². The highest BCUT2D eigenvalue weighted by Gasteiger charge is 1.88. The average molecular weight is 171 g/mol. The van der Waals surface area contributed by atoms with Crippen LogP contribution in [-0.4, -0.2) is 9.67 Å². The number of nitrogens with zero attached hydrogens (tertiary/aromatic N) is 1. The van der Waals surface area contributed by atoms with Gasteiger partial charge in [-0.05, 0) is 12.1 Å². The van der Waals surface area contributed by atoms with E-state index in [1.54, 1.807) is 29.9 Å². The number of rotatable bonds is 0. The van der Waals surface area contributed by atoms with E-state index in [4.69, 9.17) is 17.3 Å². The maximum Gasteiger partial charge on any atom is 0.150 e. The summed E-state index contributed by atoms with van der Waals surface area (Å²) in [7, 11) is 1.79. The first-order valence-corrected chi connectivity index (χ1v) is 3.97. The van der Waals surface area contributed by atoms with Crippen LogP contribution in [0.25, 0.3) is 0 Å². The van der Waals surface area contributed by atoms with E-state index in [0.29, 0.717) is 4.64 Å².